The molecule has 0 unspecified atom stereocenters. The summed E-state index contributed by atoms with van der Waals surface area (Å²) in [5.41, 5.74) is 2.37. The Labute approximate surface area is 193 Å². The minimum Gasteiger partial charge on any atom is -0.495 e. The molecule has 8 heteroatoms. The largest absolute Gasteiger partial charge is 0.495 e. The van der Waals surface area contributed by atoms with Gasteiger partial charge in [-0.15, -0.1) is 0 Å². The highest BCUT2D eigenvalue weighted by molar-refractivity contribution is 5.93. The number of amides is 2. The molecule has 8 nitrogen and oxygen atoms in total. The van der Waals surface area contributed by atoms with Crippen LogP contribution in [-0.2, 0) is 16.0 Å². The van der Waals surface area contributed by atoms with Crippen molar-refractivity contribution in [3.05, 3.63) is 60.1 Å². The highest BCUT2D eigenvalue weighted by atomic mass is 16.6. The lowest BCUT2D eigenvalue weighted by Gasteiger charge is -2.20. The van der Waals surface area contributed by atoms with Gasteiger partial charge >= 0.3 is 6.09 Å². The van der Waals surface area contributed by atoms with Gasteiger partial charge in [-0.05, 0) is 45.9 Å². The van der Waals surface area contributed by atoms with E-state index in [0.29, 0.717) is 35.2 Å². The monoisotopic (exact) mass is 451 g/mol. The number of hydrogen-bond acceptors (Lipinski definition) is 6. The molecule has 3 aromatic rings. The summed E-state index contributed by atoms with van der Waals surface area (Å²) in [5.74, 6) is 1.39. The number of rotatable bonds is 7. The first-order valence-electron chi connectivity index (χ1n) is 10.6. The maximum Gasteiger partial charge on any atom is 0.412 e. The van der Waals surface area contributed by atoms with Crippen LogP contribution in [-0.4, -0.2) is 29.7 Å². The average Bonchev–Trinajstić information content (AvgIpc) is 3.21. The predicted octanol–water partition coefficient (Wildman–Crippen LogP) is 5.58. The molecule has 0 aliphatic carbocycles. The summed E-state index contributed by atoms with van der Waals surface area (Å²) in [6.07, 6.45) is 1.60. The molecule has 1 heterocycles. The van der Waals surface area contributed by atoms with E-state index in [1.54, 1.807) is 45.2 Å². The second-order valence-corrected chi connectivity index (χ2v) is 8.57. The van der Waals surface area contributed by atoms with Gasteiger partial charge in [-0.1, -0.05) is 29.8 Å². The summed E-state index contributed by atoms with van der Waals surface area (Å²) in [6.45, 7) is 7.35. The Hall–Kier alpha value is -3.81. The van der Waals surface area contributed by atoms with E-state index < -0.39 is 11.7 Å². The van der Waals surface area contributed by atoms with Crippen LogP contribution >= 0.6 is 0 Å². The average molecular weight is 452 g/mol. The van der Waals surface area contributed by atoms with E-state index in [-0.39, 0.29) is 12.3 Å². The van der Waals surface area contributed by atoms with Crippen molar-refractivity contribution in [1.29, 1.82) is 0 Å². The molecule has 2 amide bonds. The van der Waals surface area contributed by atoms with Gasteiger partial charge in [-0.2, -0.15) is 0 Å². The smallest absolute Gasteiger partial charge is 0.412 e. The van der Waals surface area contributed by atoms with Crippen molar-refractivity contribution >= 4 is 23.4 Å². The number of benzene rings is 2. The molecule has 3 rings (SSSR count). The van der Waals surface area contributed by atoms with E-state index in [2.05, 4.69) is 15.6 Å². The third kappa shape index (κ3) is 7.10. The molecule has 174 valence electrons. The number of nitrogens with zero attached hydrogens (tertiary/aromatic N) is 1. The summed E-state index contributed by atoms with van der Waals surface area (Å²) in [4.78, 5) is 28.8. The zero-order chi connectivity index (χ0) is 24.0. The van der Waals surface area contributed by atoms with Gasteiger partial charge in [0.25, 0.3) is 0 Å². The van der Waals surface area contributed by atoms with Crippen LogP contribution in [0.5, 0.6) is 5.75 Å². The normalized spacial score (nSPS) is 11.1. The topological polar surface area (TPSA) is 103 Å². The van der Waals surface area contributed by atoms with Gasteiger partial charge in [0.05, 0.1) is 19.0 Å². The Kier molecular flexibility index (Phi) is 7.37. The number of aryl methyl sites for hydroxylation is 2. The van der Waals surface area contributed by atoms with Gasteiger partial charge in [-0.3, -0.25) is 10.1 Å². The van der Waals surface area contributed by atoms with E-state index >= 15 is 0 Å². The number of methoxy groups -OCH3 is 1. The number of carbonyl (C=O) groups is 2. The molecule has 0 saturated heterocycles. The molecule has 0 radical (unpaired) electrons. The van der Waals surface area contributed by atoms with Crippen LogP contribution in [0.1, 0.15) is 38.6 Å². The number of anilines is 2. The highest BCUT2D eigenvalue weighted by Crippen LogP contribution is 2.28. The number of hydrogen-bond donors (Lipinski definition) is 2. The first-order chi connectivity index (χ1) is 15.6. The van der Waals surface area contributed by atoms with Gasteiger partial charge in [-0.25, -0.2) is 9.78 Å². The van der Waals surface area contributed by atoms with Crippen LogP contribution in [0.3, 0.4) is 0 Å². The SMILES string of the molecule is COc1ccc(NC(=O)CCc2ncc(-c3ccc(C)cc3)o2)cc1NC(=O)OC(C)(C)C. The molecule has 0 aliphatic heterocycles. The van der Waals surface area contributed by atoms with Crippen molar-refractivity contribution in [3.63, 3.8) is 0 Å². The lowest BCUT2D eigenvalue weighted by molar-refractivity contribution is -0.116. The molecule has 0 fully saturated rings. The van der Waals surface area contributed by atoms with Gasteiger partial charge < -0.3 is 19.2 Å². The minimum atomic E-state index is -0.637. The van der Waals surface area contributed by atoms with Crippen molar-refractivity contribution in [1.82, 2.24) is 4.98 Å². The third-order valence-corrected chi connectivity index (χ3v) is 4.57. The summed E-state index contributed by atoms with van der Waals surface area (Å²) >= 11 is 0. The summed E-state index contributed by atoms with van der Waals surface area (Å²) in [7, 11) is 1.50. The zero-order valence-corrected chi connectivity index (χ0v) is 19.5. The van der Waals surface area contributed by atoms with Crippen LogP contribution in [0, 0.1) is 6.92 Å². The first kappa shape index (κ1) is 23.8. The number of nitrogens with one attached hydrogen (secondary N) is 2. The van der Waals surface area contributed by atoms with Gasteiger partial charge in [0, 0.05) is 24.1 Å². The Morgan fingerprint density at radius 2 is 1.79 bits per heavy atom. The Balaban J connectivity index is 1.59. The second kappa shape index (κ2) is 10.2. The van der Waals surface area contributed by atoms with E-state index in [1.807, 2.05) is 31.2 Å². The molecule has 0 aliphatic rings. The third-order valence-electron chi connectivity index (χ3n) is 4.57. The Morgan fingerprint density at radius 3 is 2.45 bits per heavy atom. The molecule has 1 aromatic heterocycles. The van der Waals surface area contributed by atoms with Crippen LogP contribution in [0.25, 0.3) is 11.3 Å². The number of carbonyl (C=O) groups excluding carboxylic acids is 2. The summed E-state index contributed by atoms with van der Waals surface area (Å²) in [6, 6.07) is 12.9. The molecule has 33 heavy (non-hydrogen) atoms. The number of oxazole rings is 1. The molecule has 0 bridgehead atoms. The minimum absolute atomic E-state index is 0.189. The fourth-order valence-corrected chi connectivity index (χ4v) is 3.02. The van der Waals surface area contributed by atoms with Crippen LogP contribution in [0.4, 0.5) is 16.2 Å². The van der Waals surface area contributed by atoms with E-state index in [1.165, 1.54) is 7.11 Å². The summed E-state index contributed by atoms with van der Waals surface area (Å²) < 4.78 is 16.3. The quantitative estimate of drug-likeness (QED) is 0.486. The van der Waals surface area contributed by atoms with E-state index in [9.17, 15) is 9.59 Å². The molecule has 0 saturated carbocycles. The van der Waals surface area contributed by atoms with Crippen molar-refractivity contribution < 1.29 is 23.5 Å². The van der Waals surface area contributed by atoms with Crippen LogP contribution in [0.2, 0.25) is 0 Å². The fraction of sp³-hybridized carbons (Fsp3) is 0.320. The van der Waals surface area contributed by atoms with Crippen LogP contribution in [0.15, 0.2) is 53.1 Å². The first-order valence-corrected chi connectivity index (χ1v) is 10.6. The van der Waals surface area contributed by atoms with Crippen molar-refractivity contribution in [2.24, 2.45) is 0 Å². The van der Waals surface area contributed by atoms with Crippen LogP contribution < -0.4 is 15.4 Å². The van der Waals surface area contributed by atoms with Gasteiger partial charge in [0.1, 0.15) is 11.4 Å². The number of ether oxygens (including phenoxy) is 2. The van der Waals surface area contributed by atoms with Gasteiger partial charge in [0.15, 0.2) is 11.7 Å². The Morgan fingerprint density at radius 1 is 1.06 bits per heavy atom. The van der Waals surface area contributed by atoms with E-state index in [0.717, 1.165) is 11.1 Å². The van der Waals surface area contributed by atoms with Gasteiger partial charge in [0.2, 0.25) is 5.91 Å². The lowest BCUT2D eigenvalue weighted by Crippen LogP contribution is -2.27. The molecule has 0 spiro atoms. The number of aromatic nitrogens is 1. The summed E-state index contributed by atoms with van der Waals surface area (Å²) in [5, 5.41) is 5.46. The predicted molar refractivity (Wildman–Crippen MR) is 126 cm³/mol. The zero-order valence-electron chi connectivity index (χ0n) is 19.5. The molecular weight excluding hydrogens is 422 g/mol. The van der Waals surface area contributed by atoms with Crippen molar-refractivity contribution in [3.8, 4) is 17.1 Å². The lowest BCUT2D eigenvalue weighted by atomic mass is 10.1. The Bertz CT molecular complexity index is 1110. The second-order valence-electron chi connectivity index (χ2n) is 8.57. The standard InChI is InChI=1S/C25H29N3O5/c1-16-6-8-17(9-7-16)21-15-26-23(32-21)13-12-22(29)27-18-10-11-20(31-5)19(14-18)28-24(30)33-25(2,3)4/h6-11,14-15H,12-13H2,1-5H3,(H,27,29)(H,28,30). The highest BCUT2D eigenvalue weighted by Gasteiger charge is 2.18. The van der Waals surface area contributed by atoms with Crippen molar-refractivity contribution in [2.75, 3.05) is 17.7 Å². The molecule has 0 atom stereocenters. The molecular formula is C25H29N3O5. The van der Waals surface area contributed by atoms with E-state index in [4.69, 9.17) is 13.9 Å². The molecule has 2 aromatic carbocycles. The fourth-order valence-electron chi connectivity index (χ4n) is 3.02. The maximum atomic E-state index is 12.5. The van der Waals surface area contributed by atoms with Crippen molar-refractivity contribution in [2.45, 2.75) is 46.1 Å². The maximum absolute atomic E-state index is 12.5. The molecule has 2 N–H and O–H groups in total.